The second-order valence-electron chi connectivity index (χ2n) is 4.36. The van der Waals surface area contributed by atoms with Crippen LogP contribution in [0.4, 0.5) is 5.69 Å². The Morgan fingerprint density at radius 3 is 1.62 bits per heavy atom. The SMILES string of the molecule is O=C1c2cc(Cl)c(Cl)cc2C(=O)N1c1ccc(Cl)c(Cl)c1. The summed E-state index contributed by atoms with van der Waals surface area (Å²) in [7, 11) is 0. The smallest absolute Gasteiger partial charge is 0.266 e. The summed E-state index contributed by atoms with van der Waals surface area (Å²) < 4.78 is 0. The average molecular weight is 361 g/mol. The first kappa shape index (κ1) is 14.7. The molecule has 0 aromatic heterocycles. The van der Waals surface area contributed by atoms with Crippen molar-refractivity contribution in [2.75, 3.05) is 4.90 Å². The van der Waals surface area contributed by atoms with Gasteiger partial charge in [0.2, 0.25) is 0 Å². The van der Waals surface area contributed by atoms with E-state index in [9.17, 15) is 9.59 Å². The zero-order chi connectivity index (χ0) is 15.3. The minimum atomic E-state index is -0.480. The fraction of sp³-hybridized carbons (Fsp3) is 0. The lowest BCUT2D eigenvalue weighted by Crippen LogP contribution is -2.29. The Balaban J connectivity index is 2.13. The monoisotopic (exact) mass is 359 g/mol. The van der Waals surface area contributed by atoms with E-state index in [1.54, 1.807) is 6.07 Å². The molecule has 3 rings (SSSR count). The highest BCUT2D eigenvalue weighted by Crippen LogP contribution is 2.35. The molecule has 0 spiro atoms. The van der Waals surface area contributed by atoms with Crippen LogP contribution in [0.15, 0.2) is 30.3 Å². The van der Waals surface area contributed by atoms with E-state index in [1.807, 2.05) is 0 Å². The number of carbonyl (C=O) groups is 2. The van der Waals surface area contributed by atoms with Gasteiger partial charge in [-0.25, -0.2) is 4.90 Å². The second-order valence-corrected chi connectivity index (χ2v) is 5.98. The van der Waals surface area contributed by atoms with Gasteiger partial charge in [-0.1, -0.05) is 46.4 Å². The molecule has 1 heterocycles. The first-order valence-corrected chi connectivity index (χ1v) is 7.24. The number of amides is 2. The largest absolute Gasteiger partial charge is 0.268 e. The number of nitrogens with zero attached hydrogens (tertiary/aromatic N) is 1. The van der Waals surface area contributed by atoms with Crippen LogP contribution in [0.5, 0.6) is 0 Å². The maximum atomic E-state index is 12.4. The average Bonchev–Trinajstić information content (AvgIpc) is 2.66. The van der Waals surface area contributed by atoms with E-state index in [2.05, 4.69) is 0 Å². The predicted molar refractivity (Wildman–Crippen MR) is 84.1 cm³/mol. The molecule has 2 amide bonds. The molecule has 0 atom stereocenters. The summed E-state index contributed by atoms with van der Waals surface area (Å²) in [6, 6.07) is 7.28. The van der Waals surface area contributed by atoms with Crippen LogP contribution in [0.25, 0.3) is 0 Å². The van der Waals surface area contributed by atoms with E-state index in [0.29, 0.717) is 10.7 Å². The summed E-state index contributed by atoms with van der Waals surface area (Å²) in [6.07, 6.45) is 0. The number of carbonyl (C=O) groups excluding carboxylic acids is 2. The third-order valence-corrected chi connectivity index (χ3v) is 4.55. The van der Waals surface area contributed by atoms with Crippen molar-refractivity contribution in [1.82, 2.24) is 0 Å². The van der Waals surface area contributed by atoms with Gasteiger partial charge in [-0.15, -0.1) is 0 Å². The lowest BCUT2D eigenvalue weighted by molar-refractivity contribution is 0.0926. The van der Waals surface area contributed by atoms with Crippen LogP contribution in [-0.4, -0.2) is 11.8 Å². The maximum absolute atomic E-state index is 12.4. The predicted octanol–water partition coefficient (Wildman–Crippen LogP) is 5.10. The summed E-state index contributed by atoms with van der Waals surface area (Å²) in [5.74, 6) is -0.959. The molecule has 0 saturated carbocycles. The van der Waals surface area contributed by atoms with Crippen molar-refractivity contribution in [3.05, 3.63) is 61.5 Å². The molecule has 2 aromatic rings. The van der Waals surface area contributed by atoms with E-state index in [0.717, 1.165) is 4.90 Å². The maximum Gasteiger partial charge on any atom is 0.266 e. The van der Waals surface area contributed by atoms with Gasteiger partial charge in [-0.3, -0.25) is 9.59 Å². The summed E-state index contributed by atoms with van der Waals surface area (Å²) in [6.45, 7) is 0. The van der Waals surface area contributed by atoms with Crippen molar-refractivity contribution < 1.29 is 9.59 Å². The van der Waals surface area contributed by atoms with Gasteiger partial charge in [0.05, 0.1) is 36.9 Å². The summed E-state index contributed by atoms with van der Waals surface area (Å²) in [5.41, 5.74) is 0.754. The number of benzene rings is 2. The molecular formula is C14H5Cl4NO2. The molecule has 7 heteroatoms. The Hall–Kier alpha value is -1.26. The fourth-order valence-electron chi connectivity index (χ4n) is 2.09. The highest BCUT2D eigenvalue weighted by Gasteiger charge is 2.37. The standard InChI is InChI=1S/C14H5Cl4NO2/c15-9-2-1-6(3-10(9)16)19-13(20)7-4-11(17)12(18)5-8(7)14(19)21/h1-5H. The molecule has 0 fully saturated rings. The molecule has 1 aliphatic heterocycles. The molecule has 2 aromatic carbocycles. The van der Waals surface area contributed by atoms with Gasteiger partial charge < -0.3 is 0 Å². The molecule has 0 unspecified atom stereocenters. The minimum Gasteiger partial charge on any atom is -0.268 e. The van der Waals surface area contributed by atoms with E-state index in [4.69, 9.17) is 46.4 Å². The van der Waals surface area contributed by atoms with Crippen molar-refractivity contribution >= 4 is 63.9 Å². The topological polar surface area (TPSA) is 37.4 Å². The Morgan fingerprint density at radius 2 is 1.14 bits per heavy atom. The van der Waals surface area contributed by atoms with Gasteiger partial charge in [0.15, 0.2) is 0 Å². The molecular weight excluding hydrogens is 356 g/mol. The van der Waals surface area contributed by atoms with Gasteiger partial charge in [-0.2, -0.15) is 0 Å². The van der Waals surface area contributed by atoms with Crippen LogP contribution in [-0.2, 0) is 0 Å². The van der Waals surface area contributed by atoms with Crippen LogP contribution >= 0.6 is 46.4 Å². The second kappa shape index (κ2) is 5.18. The van der Waals surface area contributed by atoms with Gasteiger partial charge in [0.1, 0.15) is 0 Å². The van der Waals surface area contributed by atoms with Crippen molar-refractivity contribution in [2.45, 2.75) is 0 Å². The molecule has 0 bridgehead atoms. The van der Waals surface area contributed by atoms with Crippen LogP contribution in [0.3, 0.4) is 0 Å². The highest BCUT2D eigenvalue weighted by atomic mass is 35.5. The number of hydrogen-bond acceptors (Lipinski definition) is 2. The normalized spacial score (nSPS) is 13.8. The van der Waals surface area contributed by atoms with E-state index >= 15 is 0 Å². The summed E-state index contributed by atoms with van der Waals surface area (Å²) >= 11 is 23.5. The zero-order valence-corrected chi connectivity index (χ0v) is 13.2. The van der Waals surface area contributed by atoms with Gasteiger partial charge in [0.25, 0.3) is 11.8 Å². The lowest BCUT2D eigenvalue weighted by Gasteiger charge is -2.14. The Kier molecular flexibility index (Phi) is 3.62. The van der Waals surface area contributed by atoms with Crippen LogP contribution in [0, 0.1) is 0 Å². The van der Waals surface area contributed by atoms with Crippen molar-refractivity contribution in [3.63, 3.8) is 0 Å². The highest BCUT2D eigenvalue weighted by molar-refractivity contribution is 6.45. The summed E-state index contributed by atoms with van der Waals surface area (Å²) in [5, 5.41) is 1.02. The quantitative estimate of drug-likeness (QED) is 0.663. The molecule has 0 saturated heterocycles. The van der Waals surface area contributed by atoms with E-state index in [-0.39, 0.29) is 26.2 Å². The number of halogens is 4. The number of hydrogen-bond donors (Lipinski definition) is 0. The Morgan fingerprint density at radius 1 is 0.667 bits per heavy atom. The third-order valence-electron chi connectivity index (χ3n) is 3.09. The zero-order valence-electron chi connectivity index (χ0n) is 10.2. The Bertz CT molecular complexity index is 763. The van der Waals surface area contributed by atoms with Crippen molar-refractivity contribution in [2.24, 2.45) is 0 Å². The molecule has 21 heavy (non-hydrogen) atoms. The van der Waals surface area contributed by atoms with E-state index in [1.165, 1.54) is 24.3 Å². The number of fused-ring (bicyclic) bond motifs is 1. The first-order chi connectivity index (χ1) is 9.90. The number of imide groups is 1. The third kappa shape index (κ3) is 2.30. The van der Waals surface area contributed by atoms with Gasteiger partial charge in [-0.05, 0) is 30.3 Å². The molecule has 3 nitrogen and oxygen atoms in total. The van der Waals surface area contributed by atoms with Gasteiger partial charge in [0, 0.05) is 0 Å². The molecule has 0 aliphatic carbocycles. The van der Waals surface area contributed by atoms with Crippen molar-refractivity contribution in [1.29, 1.82) is 0 Å². The van der Waals surface area contributed by atoms with Crippen LogP contribution in [0.2, 0.25) is 20.1 Å². The first-order valence-electron chi connectivity index (χ1n) is 5.73. The van der Waals surface area contributed by atoms with Gasteiger partial charge >= 0.3 is 0 Å². The molecule has 0 N–H and O–H groups in total. The molecule has 1 aliphatic rings. The van der Waals surface area contributed by atoms with Crippen molar-refractivity contribution in [3.8, 4) is 0 Å². The Labute approximate surface area is 140 Å². The van der Waals surface area contributed by atoms with Crippen LogP contribution in [0.1, 0.15) is 20.7 Å². The molecule has 0 radical (unpaired) electrons. The summed E-state index contributed by atoms with van der Waals surface area (Å²) in [4.78, 5) is 25.8. The minimum absolute atomic E-state index is 0.209. The van der Waals surface area contributed by atoms with Crippen LogP contribution < -0.4 is 4.90 Å². The number of rotatable bonds is 1. The van der Waals surface area contributed by atoms with E-state index < -0.39 is 11.8 Å². The fourth-order valence-corrected chi connectivity index (χ4v) is 2.71. The number of anilines is 1. The molecule has 106 valence electrons. The lowest BCUT2D eigenvalue weighted by atomic mass is 10.1.